The molecule has 6 nitrogen and oxygen atoms in total. The van der Waals surface area contributed by atoms with Crippen LogP contribution in [0.15, 0.2) is 40.4 Å². The predicted molar refractivity (Wildman–Crippen MR) is 98.6 cm³/mol. The van der Waals surface area contributed by atoms with Crippen molar-refractivity contribution in [2.45, 2.75) is 16.3 Å². The van der Waals surface area contributed by atoms with Crippen molar-refractivity contribution in [3.05, 3.63) is 30.6 Å². The summed E-state index contributed by atoms with van der Waals surface area (Å²) >= 11 is 1.78. The van der Waals surface area contributed by atoms with E-state index in [0.717, 1.165) is 42.1 Å². The summed E-state index contributed by atoms with van der Waals surface area (Å²) in [5.74, 6) is 0. The molecular formula is C17H20N6S. The van der Waals surface area contributed by atoms with Crippen LogP contribution in [0.5, 0.6) is 0 Å². The van der Waals surface area contributed by atoms with E-state index in [2.05, 4.69) is 38.5 Å². The molecule has 124 valence electrons. The van der Waals surface area contributed by atoms with Gasteiger partial charge in [0.1, 0.15) is 5.69 Å². The molecule has 0 radical (unpaired) electrons. The van der Waals surface area contributed by atoms with Gasteiger partial charge in [-0.15, -0.1) is 0 Å². The van der Waals surface area contributed by atoms with Gasteiger partial charge in [0.25, 0.3) is 0 Å². The lowest BCUT2D eigenvalue weighted by atomic mass is 10.1. The molecule has 1 aliphatic rings. The van der Waals surface area contributed by atoms with Crippen LogP contribution in [0.25, 0.3) is 22.2 Å². The van der Waals surface area contributed by atoms with Crippen LogP contribution >= 0.6 is 11.8 Å². The molecule has 0 atom stereocenters. The topological polar surface area (TPSA) is 80.8 Å². The number of nitrogens with one attached hydrogen (secondary N) is 2. The van der Waals surface area contributed by atoms with E-state index in [4.69, 9.17) is 10.8 Å². The number of hydrogen-bond acceptors (Lipinski definition) is 6. The van der Waals surface area contributed by atoms with E-state index < -0.39 is 0 Å². The summed E-state index contributed by atoms with van der Waals surface area (Å²) in [5, 5.41) is 12.7. The number of aromatic nitrogens is 3. The largest absolute Gasteiger partial charge is 0.383 e. The second kappa shape index (κ2) is 6.43. The molecule has 2 aromatic heterocycles. The van der Waals surface area contributed by atoms with Crippen molar-refractivity contribution < 1.29 is 0 Å². The molecule has 3 heterocycles. The summed E-state index contributed by atoms with van der Waals surface area (Å²) in [6.45, 7) is 3.08. The Labute approximate surface area is 144 Å². The minimum absolute atomic E-state index is 0.608. The minimum Gasteiger partial charge on any atom is -0.383 e. The van der Waals surface area contributed by atoms with Gasteiger partial charge in [-0.25, -0.2) is 0 Å². The Morgan fingerprint density at radius 3 is 3.00 bits per heavy atom. The summed E-state index contributed by atoms with van der Waals surface area (Å²) in [6.07, 6.45) is 3.75. The van der Waals surface area contributed by atoms with E-state index in [-0.39, 0.29) is 0 Å². The van der Waals surface area contributed by atoms with Gasteiger partial charge >= 0.3 is 0 Å². The Kier molecular flexibility index (Phi) is 4.13. The first-order chi connectivity index (χ1) is 11.8. The van der Waals surface area contributed by atoms with Gasteiger partial charge in [0.05, 0.1) is 12.1 Å². The molecular weight excluding hydrogens is 320 g/mol. The van der Waals surface area contributed by atoms with Crippen molar-refractivity contribution >= 4 is 28.4 Å². The highest BCUT2D eigenvalue weighted by Gasteiger charge is 2.25. The zero-order chi connectivity index (χ0) is 16.5. The molecule has 0 saturated carbocycles. The lowest BCUT2D eigenvalue weighted by Crippen LogP contribution is -2.15. The average molecular weight is 340 g/mol. The average Bonchev–Trinajstić information content (AvgIpc) is 2.99. The lowest BCUT2D eigenvalue weighted by molar-refractivity contribution is 0.602. The van der Waals surface area contributed by atoms with E-state index in [0.29, 0.717) is 6.54 Å². The quantitative estimate of drug-likeness (QED) is 0.499. The first kappa shape index (κ1) is 15.4. The highest BCUT2D eigenvalue weighted by molar-refractivity contribution is 8.00. The number of pyridine rings is 1. The van der Waals surface area contributed by atoms with Gasteiger partial charge in [-0.2, -0.15) is 5.10 Å². The zero-order valence-corrected chi connectivity index (χ0v) is 14.4. The first-order valence-corrected chi connectivity index (χ1v) is 8.89. The molecule has 0 unspecified atom stereocenters. The molecule has 1 aliphatic heterocycles. The maximum absolute atomic E-state index is 5.66. The maximum atomic E-state index is 5.66. The van der Waals surface area contributed by atoms with E-state index in [1.165, 1.54) is 15.2 Å². The number of nitrogens with zero attached hydrogens (tertiary/aromatic N) is 3. The van der Waals surface area contributed by atoms with E-state index in [9.17, 15) is 0 Å². The number of nitrogens with two attached hydrogens (primary N) is 1. The molecule has 0 saturated heterocycles. The number of benzene rings is 1. The SMILES string of the molecule is CNCCn1nc2c3c(c(NCCN)ccc31)Sc1ccncc1-2. The van der Waals surface area contributed by atoms with Crippen molar-refractivity contribution in [3.63, 3.8) is 0 Å². The monoisotopic (exact) mass is 340 g/mol. The Balaban J connectivity index is 1.93. The number of likely N-dealkylation sites (N-methyl/N-ethyl adjacent to an activating group) is 1. The summed E-state index contributed by atoms with van der Waals surface area (Å²) in [5.41, 5.74) is 10.1. The highest BCUT2D eigenvalue weighted by Crippen LogP contribution is 2.49. The van der Waals surface area contributed by atoms with Crippen LogP contribution in [-0.2, 0) is 6.54 Å². The third-order valence-corrected chi connectivity index (χ3v) is 5.36. The molecule has 0 amide bonds. The summed E-state index contributed by atoms with van der Waals surface area (Å²) < 4.78 is 2.08. The fourth-order valence-corrected chi connectivity index (χ4v) is 4.19. The van der Waals surface area contributed by atoms with E-state index in [1.54, 1.807) is 11.8 Å². The summed E-state index contributed by atoms with van der Waals surface area (Å²) in [4.78, 5) is 6.72. The molecule has 1 aromatic carbocycles. The smallest absolute Gasteiger partial charge is 0.104 e. The molecule has 0 aliphatic carbocycles. The molecule has 0 fully saturated rings. The molecule has 4 N–H and O–H groups in total. The lowest BCUT2D eigenvalue weighted by Gasteiger charge is -2.18. The normalized spacial score (nSPS) is 12.4. The zero-order valence-electron chi connectivity index (χ0n) is 13.5. The van der Waals surface area contributed by atoms with Crippen LogP contribution in [0, 0.1) is 0 Å². The first-order valence-electron chi connectivity index (χ1n) is 8.07. The van der Waals surface area contributed by atoms with Crippen molar-refractivity contribution in [2.24, 2.45) is 5.73 Å². The van der Waals surface area contributed by atoms with E-state index in [1.807, 2.05) is 19.4 Å². The molecule has 4 rings (SSSR count). The predicted octanol–water partition coefficient (Wildman–Crippen LogP) is 2.15. The minimum atomic E-state index is 0.608. The second-order valence-corrected chi connectivity index (χ2v) is 6.75. The van der Waals surface area contributed by atoms with Gasteiger partial charge in [-0.05, 0) is 25.2 Å². The van der Waals surface area contributed by atoms with Crippen molar-refractivity contribution in [3.8, 4) is 11.3 Å². The third kappa shape index (κ3) is 2.45. The number of fused-ring (bicyclic) bond motifs is 2. The van der Waals surface area contributed by atoms with Crippen LogP contribution in [-0.4, -0.2) is 41.4 Å². The second-order valence-electron chi connectivity index (χ2n) is 5.70. The fourth-order valence-electron chi connectivity index (χ4n) is 3.03. The van der Waals surface area contributed by atoms with Crippen LogP contribution in [0.2, 0.25) is 0 Å². The highest BCUT2D eigenvalue weighted by atomic mass is 32.2. The van der Waals surface area contributed by atoms with Crippen molar-refractivity contribution in [1.29, 1.82) is 0 Å². The number of anilines is 1. The van der Waals surface area contributed by atoms with Crippen molar-refractivity contribution in [1.82, 2.24) is 20.1 Å². The van der Waals surface area contributed by atoms with Gasteiger partial charge in [-0.3, -0.25) is 9.67 Å². The van der Waals surface area contributed by atoms with Gasteiger partial charge in [0.15, 0.2) is 0 Å². The number of hydrogen-bond donors (Lipinski definition) is 3. The van der Waals surface area contributed by atoms with Crippen molar-refractivity contribution in [2.75, 3.05) is 32.0 Å². The van der Waals surface area contributed by atoms with Gasteiger partial charge in [0, 0.05) is 58.5 Å². The molecule has 24 heavy (non-hydrogen) atoms. The Morgan fingerprint density at radius 1 is 1.25 bits per heavy atom. The van der Waals surface area contributed by atoms with Gasteiger partial charge in [-0.1, -0.05) is 11.8 Å². The Hall–Kier alpha value is -2.09. The summed E-state index contributed by atoms with van der Waals surface area (Å²) in [6, 6.07) is 6.33. The van der Waals surface area contributed by atoms with E-state index >= 15 is 0 Å². The fraction of sp³-hybridized carbons (Fsp3) is 0.294. The maximum Gasteiger partial charge on any atom is 0.104 e. The Morgan fingerprint density at radius 2 is 2.17 bits per heavy atom. The standard InChI is InChI=1S/C17H20N6S/c1-19-8-9-23-13-3-2-12(21-7-5-18)17-15(13)16(22-23)11-10-20-6-4-14(11)24-17/h2-4,6,10,19,21H,5,7-9,18H2,1H3. The molecule has 0 spiro atoms. The third-order valence-electron chi connectivity index (χ3n) is 4.15. The number of rotatable bonds is 6. The van der Waals surface area contributed by atoms with Gasteiger partial charge in [0.2, 0.25) is 0 Å². The van der Waals surface area contributed by atoms with Crippen LogP contribution in [0.1, 0.15) is 0 Å². The molecule has 3 aromatic rings. The van der Waals surface area contributed by atoms with Crippen LogP contribution in [0.4, 0.5) is 5.69 Å². The summed E-state index contributed by atoms with van der Waals surface area (Å²) in [7, 11) is 1.96. The molecule has 7 heteroatoms. The molecule has 0 bridgehead atoms. The van der Waals surface area contributed by atoms with Crippen LogP contribution in [0.3, 0.4) is 0 Å². The van der Waals surface area contributed by atoms with Gasteiger partial charge < -0.3 is 16.4 Å². The Bertz CT molecular complexity index is 888. The van der Waals surface area contributed by atoms with Crippen LogP contribution < -0.4 is 16.4 Å².